The Hall–Kier alpha value is -1.89. The van der Waals surface area contributed by atoms with Crippen LogP contribution in [-0.2, 0) is 4.79 Å². The Balaban J connectivity index is 2.42. The van der Waals surface area contributed by atoms with Gasteiger partial charge in [0, 0.05) is 5.56 Å². The van der Waals surface area contributed by atoms with Crippen LogP contribution in [0.3, 0.4) is 0 Å². The van der Waals surface area contributed by atoms with Crippen molar-refractivity contribution in [2.45, 2.75) is 19.8 Å². The molecule has 3 N–H and O–H groups in total. The maximum Gasteiger partial charge on any atom is 0.322 e. The van der Waals surface area contributed by atoms with Gasteiger partial charge in [0.05, 0.1) is 0 Å². The van der Waals surface area contributed by atoms with Crippen LogP contribution >= 0.6 is 34.8 Å². The van der Waals surface area contributed by atoms with Crippen molar-refractivity contribution in [3.63, 3.8) is 0 Å². The smallest absolute Gasteiger partial charge is 0.322 e. The third-order valence-corrected chi connectivity index (χ3v) is 4.32. The molecule has 2 rings (SSSR count). The molecule has 0 fully saturated rings. The summed E-state index contributed by atoms with van der Waals surface area (Å²) in [5, 5.41) is 21.1. The van der Waals surface area contributed by atoms with Gasteiger partial charge in [0.1, 0.15) is 28.1 Å². The number of phenolic OH excluding ortho intramolecular Hbond substituents is 1. The maximum absolute atomic E-state index is 10.7. The molecule has 6 nitrogen and oxygen atoms in total. The molecule has 0 saturated carbocycles. The molecule has 1 aromatic carbocycles. The molecule has 0 radical (unpaired) electrons. The highest BCUT2D eigenvalue weighted by molar-refractivity contribution is 6.44. The fourth-order valence-corrected chi connectivity index (χ4v) is 2.67. The van der Waals surface area contributed by atoms with E-state index in [0.29, 0.717) is 11.3 Å². The fourth-order valence-electron chi connectivity index (χ4n) is 2.04. The van der Waals surface area contributed by atoms with Crippen molar-refractivity contribution in [1.82, 2.24) is 4.98 Å². The molecule has 0 saturated heterocycles. The minimum atomic E-state index is -1.09. The standard InChI is InChI=1S/C16H15Cl3N2O4/c1-7(2)9-5-8(3-4-10(9)22)25-14-12(17)15(19)21-16(13(14)18)20-6-11(23)24/h3-5,7,22H,6H2,1-2H3,(H,20,21)(H,23,24). The molecule has 9 heteroatoms. The first-order valence-corrected chi connectivity index (χ1v) is 8.35. The number of aliphatic carboxylic acids is 1. The Morgan fingerprint density at radius 1 is 1.28 bits per heavy atom. The number of phenols is 1. The summed E-state index contributed by atoms with van der Waals surface area (Å²) in [4.78, 5) is 14.6. The molecule has 0 spiro atoms. The van der Waals surface area contributed by atoms with Gasteiger partial charge in [-0.25, -0.2) is 4.98 Å². The Morgan fingerprint density at radius 2 is 1.96 bits per heavy atom. The SMILES string of the molecule is CC(C)c1cc(Oc2c(Cl)c(Cl)nc(NCC(=O)O)c2Cl)ccc1O. The second-order valence-electron chi connectivity index (χ2n) is 5.43. The third kappa shape index (κ3) is 4.60. The number of pyridine rings is 1. The number of nitrogens with zero attached hydrogens (tertiary/aromatic N) is 1. The second-order valence-corrected chi connectivity index (χ2v) is 6.55. The van der Waals surface area contributed by atoms with Crippen molar-refractivity contribution in [2.24, 2.45) is 0 Å². The molecule has 2 aromatic rings. The fraction of sp³-hybridized carbons (Fsp3) is 0.250. The van der Waals surface area contributed by atoms with E-state index in [1.165, 1.54) is 6.07 Å². The zero-order valence-electron chi connectivity index (χ0n) is 13.3. The zero-order chi connectivity index (χ0) is 18.7. The number of carboxylic acids is 1. The Labute approximate surface area is 159 Å². The van der Waals surface area contributed by atoms with Gasteiger partial charge < -0.3 is 20.3 Å². The van der Waals surface area contributed by atoms with E-state index < -0.39 is 12.5 Å². The lowest BCUT2D eigenvalue weighted by molar-refractivity contribution is -0.134. The molecule has 0 amide bonds. The van der Waals surface area contributed by atoms with Crippen molar-refractivity contribution in [3.8, 4) is 17.2 Å². The average molecular weight is 406 g/mol. The van der Waals surface area contributed by atoms with Crippen LogP contribution in [0.4, 0.5) is 5.82 Å². The second kappa shape index (κ2) is 7.99. The Kier molecular flexibility index (Phi) is 6.21. The van der Waals surface area contributed by atoms with Gasteiger partial charge in [-0.05, 0) is 24.1 Å². The van der Waals surface area contributed by atoms with Gasteiger partial charge in [-0.15, -0.1) is 0 Å². The molecule has 1 aromatic heterocycles. The molecule has 0 atom stereocenters. The maximum atomic E-state index is 10.7. The number of halogens is 3. The van der Waals surface area contributed by atoms with Gasteiger partial charge in [-0.2, -0.15) is 0 Å². The van der Waals surface area contributed by atoms with Gasteiger partial charge in [-0.3, -0.25) is 4.79 Å². The quantitative estimate of drug-likeness (QED) is 0.575. The van der Waals surface area contributed by atoms with Crippen LogP contribution in [0.1, 0.15) is 25.3 Å². The summed E-state index contributed by atoms with van der Waals surface area (Å²) in [5.41, 5.74) is 0.689. The Morgan fingerprint density at radius 3 is 2.56 bits per heavy atom. The predicted octanol–water partition coefficient (Wildman–Crippen LogP) is 5.16. The molecule has 0 aliphatic carbocycles. The van der Waals surface area contributed by atoms with Crippen LogP contribution < -0.4 is 10.1 Å². The van der Waals surface area contributed by atoms with Crippen LogP contribution in [0.5, 0.6) is 17.2 Å². The predicted molar refractivity (Wildman–Crippen MR) is 97.7 cm³/mol. The number of anilines is 1. The first kappa shape index (κ1) is 19.4. The van der Waals surface area contributed by atoms with E-state index >= 15 is 0 Å². The number of benzene rings is 1. The molecule has 0 aliphatic heterocycles. The van der Waals surface area contributed by atoms with Gasteiger partial charge in [0.25, 0.3) is 0 Å². The van der Waals surface area contributed by atoms with E-state index in [2.05, 4.69) is 10.3 Å². The van der Waals surface area contributed by atoms with Crippen molar-refractivity contribution in [2.75, 3.05) is 11.9 Å². The highest BCUT2D eigenvalue weighted by Gasteiger charge is 2.20. The largest absolute Gasteiger partial charge is 0.508 e. The van der Waals surface area contributed by atoms with E-state index in [-0.39, 0.29) is 38.4 Å². The Bertz CT molecular complexity index is 812. The summed E-state index contributed by atoms with van der Waals surface area (Å²) in [6.07, 6.45) is 0. The molecule has 25 heavy (non-hydrogen) atoms. The highest BCUT2D eigenvalue weighted by atomic mass is 35.5. The van der Waals surface area contributed by atoms with Crippen LogP contribution in [0.2, 0.25) is 15.2 Å². The van der Waals surface area contributed by atoms with Crippen molar-refractivity contribution >= 4 is 46.6 Å². The summed E-state index contributed by atoms with van der Waals surface area (Å²) in [6.45, 7) is 3.45. The molecule has 0 bridgehead atoms. The van der Waals surface area contributed by atoms with Crippen LogP contribution in [0, 0.1) is 0 Å². The number of hydrogen-bond acceptors (Lipinski definition) is 5. The molecule has 134 valence electrons. The number of carbonyl (C=O) groups is 1. The van der Waals surface area contributed by atoms with E-state index in [1.807, 2.05) is 13.8 Å². The minimum absolute atomic E-state index is 0.00479. The number of rotatable bonds is 6. The number of nitrogens with one attached hydrogen (secondary N) is 1. The third-order valence-electron chi connectivity index (χ3n) is 3.25. The summed E-state index contributed by atoms with van der Waals surface area (Å²) in [7, 11) is 0. The minimum Gasteiger partial charge on any atom is -0.508 e. The van der Waals surface area contributed by atoms with Gasteiger partial charge in [0.15, 0.2) is 16.7 Å². The summed E-state index contributed by atoms with van der Waals surface area (Å²) < 4.78 is 5.73. The highest BCUT2D eigenvalue weighted by Crippen LogP contribution is 2.44. The first-order chi connectivity index (χ1) is 11.7. The van der Waals surface area contributed by atoms with E-state index in [9.17, 15) is 9.90 Å². The topological polar surface area (TPSA) is 91.7 Å². The normalized spacial score (nSPS) is 10.8. The van der Waals surface area contributed by atoms with Crippen LogP contribution in [0.25, 0.3) is 0 Å². The monoisotopic (exact) mass is 404 g/mol. The average Bonchev–Trinajstić information content (AvgIpc) is 2.54. The van der Waals surface area contributed by atoms with Crippen molar-refractivity contribution < 1.29 is 19.7 Å². The lowest BCUT2D eigenvalue weighted by Crippen LogP contribution is -2.13. The van der Waals surface area contributed by atoms with Crippen molar-refractivity contribution in [3.05, 3.63) is 39.0 Å². The molecular weight excluding hydrogens is 391 g/mol. The van der Waals surface area contributed by atoms with E-state index in [4.69, 9.17) is 44.6 Å². The van der Waals surface area contributed by atoms with Gasteiger partial charge >= 0.3 is 5.97 Å². The van der Waals surface area contributed by atoms with Crippen LogP contribution in [0.15, 0.2) is 18.2 Å². The summed E-state index contributed by atoms with van der Waals surface area (Å²) in [6, 6.07) is 4.71. The van der Waals surface area contributed by atoms with Crippen LogP contribution in [-0.4, -0.2) is 27.7 Å². The number of hydrogen-bond donors (Lipinski definition) is 3. The van der Waals surface area contributed by atoms with E-state index in [1.54, 1.807) is 12.1 Å². The molecule has 0 aliphatic rings. The van der Waals surface area contributed by atoms with Gasteiger partial charge in [-0.1, -0.05) is 48.7 Å². The molecule has 0 unspecified atom stereocenters. The lowest BCUT2D eigenvalue weighted by Gasteiger charge is -2.15. The number of carboxylic acid groups (broad SMARTS) is 1. The number of aromatic nitrogens is 1. The van der Waals surface area contributed by atoms with Crippen molar-refractivity contribution in [1.29, 1.82) is 0 Å². The number of aromatic hydroxyl groups is 1. The molecule has 1 heterocycles. The zero-order valence-corrected chi connectivity index (χ0v) is 15.6. The first-order valence-electron chi connectivity index (χ1n) is 7.21. The number of ether oxygens (including phenoxy) is 1. The summed E-state index contributed by atoms with van der Waals surface area (Å²) in [5.74, 6) is -0.407. The van der Waals surface area contributed by atoms with E-state index in [0.717, 1.165) is 0 Å². The molecular formula is C16H15Cl3N2O4. The van der Waals surface area contributed by atoms with Gasteiger partial charge in [0.2, 0.25) is 0 Å². The lowest BCUT2D eigenvalue weighted by atomic mass is 10.0. The summed E-state index contributed by atoms with van der Waals surface area (Å²) >= 11 is 18.3.